The normalized spacial score (nSPS) is 8.29. The molecule has 0 aromatic carbocycles. The van der Waals surface area contributed by atoms with E-state index in [1.54, 1.807) is 0 Å². The van der Waals surface area contributed by atoms with Crippen molar-refractivity contribution >= 4 is 10.4 Å². The van der Waals surface area contributed by atoms with E-state index in [2.05, 4.69) is 0 Å². The molecule has 0 amide bonds. The van der Waals surface area contributed by atoms with E-state index in [9.17, 15) is 0 Å². The van der Waals surface area contributed by atoms with Gasteiger partial charge in [0, 0.05) is 51.2 Å². The van der Waals surface area contributed by atoms with Gasteiger partial charge >= 0.3 is 17.1 Å². The van der Waals surface area contributed by atoms with Crippen molar-refractivity contribution in [3.8, 4) is 0 Å². The van der Waals surface area contributed by atoms with Crippen molar-refractivity contribution in [1.82, 2.24) is 0 Å². The van der Waals surface area contributed by atoms with Gasteiger partial charge in [0.2, 0.25) is 0 Å². The van der Waals surface area contributed by atoms with Gasteiger partial charge in [0.25, 0.3) is 0 Å². The van der Waals surface area contributed by atoms with Crippen LogP contribution in [0.4, 0.5) is 0 Å². The molecule has 0 atom stereocenters. The van der Waals surface area contributed by atoms with E-state index < -0.39 is 10.4 Å². The van der Waals surface area contributed by atoms with Crippen molar-refractivity contribution in [3.05, 3.63) is 0 Å². The Kier molecular flexibility index (Phi) is 13.3. The third-order valence-corrected chi connectivity index (χ3v) is 0. The molecule has 0 aliphatic carbocycles. The van der Waals surface area contributed by atoms with Gasteiger partial charge < -0.3 is 9.11 Å². The molecule has 0 rings (SSSR count). The maximum absolute atomic E-state index is 8.52. The average Bonchev–Trinajstić information content (AvgIpc) is 0.722. The minimum Gasteiger partial charge on any atom is -0.759 e. The first-order valence-corrected chi connectivity index (χ1v) is 2.00. The van der Waals surface area contributed by atoms with Gasteiger partial charge in [0.1, 0.15) is 0 Å². The molecule has 0 saturated carbocycles. The van der Waals surface area contributed by atoms with Crippen molar-refractivity contribution in [1.29, 1.82) is 0 Å². The molecule has 0 heterocycles. The van der Waals surface area contributed by atoms with Crippen LogP contribution in [-0.4, -0.2) is 17.5 Å². The molecule has 0 spiro atoms. The molecule has 0 aromatic heterocycles. The molecule has 0 aliphatic rings. The van der Waals surface area contributed by atoms with Crippen molar-refractivity contribution < 1.29 is 75.4 Å². The third-order valence-electron chi connectivity index (χ3n) is 0. The first-order chi connectivity index (χ1) is 2.00. The fraction of sp³-hybridized carbons (Fsp3) is 0. The largest absolute Gasteiger partial charge is 2.00 e. The summed E-state index contributed by atoms with van der Waals surface area (Å²) < 4.78 is 34.1. The monoisotopic (exact) mass is 301 g/mol. The van der Waals surface area contributed by atoms with Crippen LogP contribution in [0.5, 0.6) is 0 Å². The first-order valence-electron chi connectivity index (χ1n) is 0.667. The summed E-state index contributed by atoms with van der Waals surface area (Å²) in [7, 11) is -5.17. The summed E-state index contributed by atoms with van der Waals surface area (Å²) in [6.07, 6.45) is 0. The molecule has 0 N–H and O–H groups in total. The van der Waals surface area contributed by atoms with Crippen molar-refractivity contribution in [2.45, 2.75) is 0 Å². The summed E-state index contributed by atoms with van der Waals surface area (Å²) in [5, 5.41) is 0. The molecule has 0 aromatic rings. The van der Waals surface area contributed by atoms with Gasteiger partial charge in [-0.05, 0) is 0 Å². The number of hydrogen-bond donors (Lipinski definition) is 0. The van der Waals surface area contributed by atoms with Gasteiger partial charge in [-0.3, -0.25) is 8.42 Å². The molecule has 0 fully saturated rings. The van der Waals surface area contributed by atoms with E-state index >= 15 is 0 Å². The van der Waals surface area contributed by atoms with E-state index in [4.69, 9.17) is 17.5 Å². The van der Waals surface area contributed by atoms with Gasteiger partial charge in [0.15, 0.2) is 0 Å². The van der Waals surface area contributed by atoms with Crippen LogP contribution in [0.2, 0.25) is 0 Å². The van der Waals surface area contributed by atoms with E-state index in [0.29, 0.717) is 0 Å². The second-order valence-electron chi connectivity index (χ2n) is 0.408. The van der Waals surface area contributed by atoms with Gasteiger partial charge in [-0.2, -0.15) is 0 Å². The van der Waals surface area contributed by atoms with E-state index in [0.717, 1.165) is 0 Å². The van der Waals surface area contributed by atoms with Gasteiger partial charge in [-0.15, -0.1) is 0 Å². The zero-order valence-electron chi connectivity index (χ0n) is 2.84. The van der Waals surface area contributed by atoms with Crippen LogP contribution in [0, 0.1) is 40.8 Å². The van der Waals surface area contributed by atoms with Crippen molar-refractivity contribution in [3.63, 3.8) is 0 Å². The Hall–Kier alpha value is 1.74. The molecule has 4 nitrogen and oxygen atoms in total. The minimum atomic E-state index is -5.17. The zero-order chi connectivity index (χ0) is 4.50. The van der Waals surface area contributed by atoms with Crippen LogP contribution in [-0.2, 0) is 27.5 Å². The van der Waals surface area contributed by atoms with Crippen molar-refractivity contribution in [2.24, 2.45) is 0 Å². The van der Waals surface area contributed by atoms with Gasteiger partial charge in [-0.25, -0.2) is 0 Å². The molecular weight excluding hydrogens is 304 g/mol. The molecule has 0 bridgehead atoms. The maximum atomic E-state index is 8.52. The Labute approximate surface area is 84.6 Å². The molecule has 45 valence electrons. The van der Waals surface area contributed by atoms with Crippen LogP contribution in [0.15, 0.2) is 0 Å². The fourth-order valence-corrected chi connectivity index (χ4v) is 0. The number of rotatable bonds is 0. The Morgan fingerprint density at radius 3 is 1.14 bits per heavy atom. The minimum absolute atomic E-state index is 0. The number of hydrogen-bond acceptors (Lipinski definition) is 4. The molecular formula is CuNdO4S. The molecule has 7 heteroatoms. The predicted molar refractivity (Wildman–Crippen MR) is 10.5 cm³/mol. The predicted octanol–water partition coefficient (Wildman–Crippen LogP) is -1.34. The molecule has 0 saturated heterocycles. The standard InChI is InChI=1S/Cu.Nd.H2O4S/c;;1-5(2,3)4/h;;(H2,1,2,3,4)/q+2;;/p-2. The fourth-order valence-electron chi connectivity index (χ4n) is 0. The Bertz CT molecular complexity index is 94.9. The second-order valence-corrected chi connectivity index (χ2v) is 1.22. The van der Waals surface area contributed by atoms with Crippen LogP contribution >= 0.6 is 0 Å². The summed E-state index contributed by atoms with van der Waals surface area (Å²) in [6.45, 7) is 0. The summed E-state index contributed by atoms with van der Waals surface area (Å²) in [5.41, 5.74) is 0. The Morgan fingerprint density at radius 1 is 1.14 bits per heavy atom. The average molecular weight is 304 g/mol. The summed E-state index contributed by atoms with van der Waals surface area (Å²) in [6, 6.07) is 0. The third kappa shape index (κ3) is 84.2. The first kappa shape index (κ1) is 15.9. The van der Waals surface area contributed by atoms with Crippen molar-refractivity contribution in [2.75, 3.05) is 0 Å². The van der Waals surface area contributed by atoms with E-state index in [1.165, 1.54) is 0 Å². The van der Waals surface area contributed by atoms with Crippen LogP contribution < -0.4 is 0 Å². The molecule has 0 aliphatic heterocycles. The summed E-state index contributed by atoms with van der Waals surface area (Å²) >= 11 is 0. The molecule has 7 heavy (non-hydrogen) atoms. The van der Waals surface area contributed by atoms with Crippen LogP contribution in [0.3, 0.4) is 0 Å². The maximum Gasteiger partial charge on any atom is 2.00 e. The Balaban J connectivity index is -0.0000000800. The summed E-state index contributed by atoms with van der Waals surface area (Å²) in [5.74, 6) is 0. The van der Waals surface area contributed by atoms with E-state index in [-0.39, 0.29) is 57.9 Å². The van der Waals surface area contributed by atoms with Crippen LogP contribution in [0.1, 0.15) is 0 Å². The molecule has 1 radical (unpaired) electrons. The van der Waals surface area contributed by atoms with Gasteiger partial charge in [-0.1, -0.05) is 0 Å². The SMILES string of the molecule is O=S(=O)([O-])[O-].[Cu+2].[Nd]. The quantitative estimate of drug-likeness (QED) is 0.315. The second kappa shape index (κ2) is 5.87. The zero-order valence-corrected chi connectivity index (χ0v) is 7.81. The topological polar surface area (TPSA) is 80.3 Å². The van der Waals surface area contributed by atoms with Crippen LogP contribution in [0.25, 0.3) is 0 Å². The van der Waals surface area contributed by atoms with Gasteiger partial charge in [0.05, 0.1) is 0 Å². The Morgan fingerprint density at radius 2 is 1.14 bits per heavy atom. The smallest absolute Gasteiger partial charge is 0.759 e. The molecule has 0 unspecified atom stereocenters. The van der Waals surface area contributed by atoms with E-state index in [1.807, 2.05) is 0 Å². The summed E-state index contributed by atoms with van der Waals surface area (Å²) in [4.78, 5) is 0.